The summed E-state index contributed by atoms with van der Waals surface area (Å²) in [6.45, 7) is 9.45. The average molecular weight is 459 g/mol. The maximum atomic E-state index is 13.2. The summed E-state index contributed by atoms with van der Waals surface area (Å²) in [6.07, 6.45) is 1.43. The van der Waals surface area contributed by atoms with Crippen LogP contribution >= 0.6 is 11.6 Å². The molecule has 2 rings (SSSR count). The fourth-order valence-corrected chi connectivity index (χ4v) is 3.45. The van der Waals surface area contributed by atoms with Gasteiger partial charge in [0.25, 0.3) is 0 Å². The molecule has 0 bridgehead atoms. The van der Waals surface area contributed by atoms with Gasteiger partial charge >= 0.3 is 0 Å². The molecule has 174 valence electrons. The molecule has 0 saturated carbocycles. The Bertz CT molecular complexity index is 850. The number of nitrogens with one attached hydrogen (secondary N) is 1. The third kappa shape index (κ3) is 8.54. The summed E-state index contributed by atoms with van der Waals surface area (Å²) in [5.41, 5.74) is 2.11. The SMILES string of the molecule is CC[C@H](C(=O)NCC(C)C)N(Cc1ccc(Cl)cc1)C(=O)CCCOc1ccc(C)cc1. The van der Waals surface area contributed by atoms with E-state index in [1.807, 2.05) is 64.1 Å². The number of amides is 2. The van der Waals surface area contributed by atoms with Crippen LogP contribution in [-0.4, -0.2) is 35.9 Å². The number of nitrogens with zero attached hydrogens (tertiary/aromatic N) is 1. The van der Waals surface area contributed by atoms with Gasteiger partial charge in [-0.05, 0) is 55.5 Å². The van der Waals surface area contributed by atoms with Crippen molar-refractivity contribution in [3.8, 4) is 5.75 Å². The molecule has 0 aliphatic carbocycles. The molecule has 6 heteroatoms. The maximum Gasteiger partial charge on any atom is 0.242 e. The van der Waals surface area contributed by atoms with Gasteiger partial charge in [0.2, 0.25) is 11.8 Å². The number of benzene rings is 2. The fraction of sp³-hybridized carbons (Fsp3) is 0.462. The van der Waals surface area contributed by atoms with E-state index in [1.54, 1.807) is 17.0 Å². The van der Waals surface area contributed by atoms with E-state index in [4.69, 9.17) is 16.3 Å². The van der Waals surface area contributed by atoms with E-state index in [2.05, 4.69) is 5.32 Å². The van der Waals surface area contributed by atoms with Gasteiger partial charge in [0, 0.05) is 24.5 Å². The van der Waals surface area contributed by atoms with Gasteiger partial charge in [-0.25, -0.2) is 0 Å². The lowest BCUT2D eigenvalue weighted by Gasteiger charge is -2.31. The molecule has 5 nitrogen and oxygen atoms in total. The van der Waals surface area contributed by atoms with E-state index in [-0.39, 0.29) is 11.8 Å². The molecule has 0 heterocycles. The Labute approximate surface area is 197 Å². The third-order valence-electron chi connectivity index (χ3n) is 5.16. The van der Waals surface area contributed by atoms with Crippen molar-refractivity contribution in [2.24, 2.45) is 5.92 Å². The highest BCUT2D eigenvalue weighted by atomic mass is 35.5. The summed E-state index contributed by atoms with van der Waals surface area (Å²) in [7, 11) is 0. The number of hydrogen-bond acceptors (Lipinski definition) is 3. The molecule has 2 amide bonds. The van der Waals surface area contributed by atoms with Gasteiger partial charge in [-0.2, -0.15) is 0 Å². The first-order valence-electron chi connectivity index (χ1n) is 11.3. The molecular weight excluding hydrogens is 424 g/mol. The largest absolute Gasteiger partial charge is 0.494 e. The molecule has 0 saturated heterocycles. The predicted molar refractivity (Wildman–Crippen MR) is 130 cm³/mol. The normalized spacial score (nSPS) is 11.8. The summed E-state index contributed by atoms with van der Waals surface area (Å²) in [4.78, 5) is 27.7. The van der Waals surface area contributed by atoms with Crippen molar-refractivity contribution in [3.63, 3.8) is 0 Å². The minimum atomic E-state index is -0.519. The molecule has 0 unspecified atom stereocenters. The summed E-state index contributed by atoms with van der Waals surface area (Å²) >= 11 is 6.01. The van der Waals surface area contributed by atoms with Gasteiger partial charge in [-0.1, -0.05) is 62.2 Å². The van der Waals surface area contributed by atoms with Crippen molar-refractivity contribution < 1.29 is 14.3 Å². The van der Waals surface area contributed by atoms with Crippen molar-refractivity contribution in [2.75, 3.05) is 13.2 Å². The molecule has 0 aromatic heterocycles. The lowest BCUT2D eigenvalue weighted by Crippen LogP contribution is -2.49. The summed E-state index contributed by atoms with van der Waals surface area (Å²) < 4.78 is 5.76. The van der Waals surface area contributed by atoms with Crippen LogP contribution in [0.5, 0.6) is 5.75 Å². The Morgan fingerprint density at radius 3 is 2.31 bits per heavy atom. The number of rotatable bonds is 12. The first-order chi connectivity index (χ1) is 15.3. The van der Waals surface area contributed by atoms with Crippen LogP contribution in [0.25, 0.3) is 0 Å². The zero-order valence-electron chi connectivity index (χ0n) is 19.6. The topological polar surface area (TPSA) is 58.6 Å². The van der Waals surface area contributed by atoms with E-state index < -0.39 is 6.04 Å². The molecule has 0 radical (unpaired) electrons. The van der Waals surface area contributed by atoms with Crippen LogP contribution in [0.4, 0.5) is 0 Å². The van der Waals surface area contributed by atoms with Gasteiger partial charge in [0.15, 0.2) is 0 Å². The van der Waals surface area contributed by atoms with Crippen molar-refractivity contribution >= 4 is 23.4 Å². The smallest absolute Gasteiger partial charge is 0.242 e. The highest BCUT2D eigenvalue weighted by Gasteiger charge is 2.28. The van der Waals surface area contributed by atoms with Crippen LogP contribution in [0.2, 0.25) is 5.02 Å². The number of ether oxygens (including phenoxy) is 1. The maximum absolute atomic E-state index is 13.2. The monoisotopic (exact) mass is 458 g/mol. The van der Waals surface area contributed by atoms with Crippen LogP contribution in [-0.2, 0) is 16.1 Å². The molecule has 0 aliphatic rings. The number of aryl methyl sites for hydroxylation is 1. The third-order valence-corrected chi connectivity index (χ3v) is 5.41. The van der Waals surface area contributed by atoms with Crippen molar-refractivity contribution in [1.82, 2.24) is 10.2 Å². The molecule has 2 aromatic rings. The van der Waals surface area contributed by atoms with Crippen LogP contribution in [0.3, 0.4) is 0 Å². The van der Waals surface area contributed by atoms with Crippen molar-refractivity contribution in [1.29, 1.82) is 0 Å². The Balaban J connectivity index is 2.03. The molecular formula is C26H35ClN2O3. The van der Waals surface area contributed by atoms with Crippen LogP contribution in [0.15, 0.2) is 48.5 Å². The van der Waals surface area contributed by atoms with Crippen molar-refractivity contribution in [2.45, 2.75) is 59.5 Å². The Kier molecular flexibility index (Phi) is 10.5. The van der Waals surface area contributed by atoms with E-state index in [0.717, 1.165) is 11.3 Å². The van der Waals surface area contributed by atoms with Gasteiger partial charge in [-0.15, -0.1) is 0 Å². The Morgan fingerprint density at radius 1 is 1.06 bits per heavy atom. The Morgan fingerprint density at radius 2 is 1.72 bits per heavy atom. The molecule has 1 N–H and O–H groups in total. The van der Waals surface area contributed by atoms with Crippen LogP contribution in [0.1, 0.15) is 51.2 Å². The minimum absolute atomic E-state index is 0.0565. The van der Waals surface area contributed by atoms with Crippen molar-refractivity contribution in [3.05, 3.63) is 64.7 Å². The number of carbonyl (C=O) groups excluding carboxylic acids is 2. The fourth-order valence-electron chi connectivity index (χ4n) is 3.32. The van der Waals surface area contributed by atoms with E-state index in [0.29, 0.717) is 49.9 Å². The minimum Gasteiger partial charge on any atom is -0.494 e. The highest BCUT2D eigenvalue weighted by molar-refractivity contribution is 6.30. The second-order valence-corrected chi connectivity index (χ2v) is 8.91. The molecule has 0 aliphatic heterocycles. The van der Waals surface area contributed by atoms with Crippen LogP contribution in [0, 0.1) is 12.8 Å². The number of halogens is 1. The van der Waals surface area contributed by atoms with Gasteiger partial charge in [-0.3, -0.25) is 9.59 Å². The van der Waals surface area contributed by atoms with Gasteiger partial charge < -0.3 is 15.0 Å². The molecule has 0 fully saturated rings. The quantitative estimate of drug-likeness (QED) is 0.434. The van der Waals surface area contributed by atoms with Gasteiger partial charge in [0.1, 0.15) is 11.8 Å². The second kappa shape index (κ2) is 13.1. The molecule has 1 atom stereocenters. The predicted octanol–water partition coefficient (Wildman–Crippen LogP) is 5.39. The van der Waals surface area contributed by atoms with Gasteiger partial charge in [0.05, 0.1) is 6.61 Å². The molecule has 32 heavy (non-hydrogen) atoms. The second-order valence-electron chi connectivity index (χ2n) is 8.48. The number of hydrogen-bond donors (Lipinski definition) is 1. The van der Waals surface area contributed by atoms with E-state index >= 15 is 0 Å². The Hall–Kier alpha value is -2.53. The highest BCUT2D eigenvalue weighted by Crippen LogP contribution is 2.17. The lowest BCUT2D eigenvalue weighted by molar-refractivity contribution is -0.141. The summed E-state index contributed by atoms with van der Waals surface area (Å²) in [6, 6.07) is 14.7. The van der Waals surface area contributed by atoms with E-state index in [9.17, 15) is 9.59 Å². The first kappa shape index (κ1) is 25.7. The number of carbonyl (C=O) groups is 2. The summed E-state index contributed by atoms with van der Waals surface area (Å²) in [5.74, 6) is 0.967. The molecule has 0 spiro atoms. The first-order valence-corrected chi connectivity index (χ1v) is 11.7. The lowest BCUT2D eigenvalue weighted by atomic mass is 10.1. The zero-order chi connectivity index (χ0) is 23.5. The van der Waals surface area contributed by atoms with Crippen LogP contribution < -0.4 is 10.1 Å². The standard InChI is InChI=1S/C26H35ClN2O3/c1-5-24(26(31)28-17-19(2)3)29(18-21-10-12-22(27)13-11-21)25(30)7-6-16-32-23-14-8-20(4)9-15-23/h8-15,19,24H,5-7,16-18H2,1-4H3,(H,28,31)/t24-/m1/s1. The van der Waals surface area contributed by atoms with E-state index in [1.165, 1.54) is 5.56 Å². The summed E-state index contributed by atoms with van der Waals surface area (Å²) in [5, 5.41) is 3.62. The zero-order valence-corrected chi connectivity index (χ0v) is 20.3. The molecule has 2 aromatic carbocycles. The average Bonchev–Trinajstić information content (AvgIpc) is 2.77.